The molecular weight excluding hydrogens is 250 g/mol. The van der Waals surface area contributed by atoms with Crippen LogP contribution in [-0.4, -0.2) is 38.1 Å². The Labute approximate surface area is 120 Å². The molecular formula is C16H22N3O+. The highest BCUT2D eigenvalue weighted by Gasteiger charge is 2.39. The fourth-order valence-electron chi connectivity index (χ4n) is 3.26. The number of fused-ring (bicyclic) bond motifs is 3. The second-order valence-electron chi connectivity index (χ2n) is 5.91. The lowest BCUT2D eigenvalue weighted by molar-refractivity contribution is -0.865. The number of quaternary nitrogens is 1. The number of hydrogen-bond donors (Lipinski definition) is 2. The van der Waals surface area contributed by atoms with Crippen LogP contribution in [0.1, 0.15) is 18.4 Å². The molecule has 0 atom stereocenters. The van der Waals surface area contributed by atoms with Gasteiger partial charge in [-0.1, -0.05) is 17.3 Å². The first kappa shape index (κ1) is 13.2. The molecule has 2 N–H and O–H groups in total. The van der Waals surface area contributed by atoms with Crippen LogP contribution in [0, 0.1) is 5.92 Å². The summed E-state index contributed by atoms with van der Waals surface area (Å²) in [7, 11) is 4.08. The number of nitrogens with zero attached hydrogens (tertiary/aromatic N) is 2. The summed E-state index contributed by atoms with van der Waals surface area (Å²) in [6, 6.07) is 8.49. The van der Waals surface area contributed by atoms with Crippen LogP contribution in [0.3, 0.4) is 0 Å². The van der Waals surface area contributed by atoms with Crippen LogP contribution >= 0.6 is 0 Å². The first-order valence-corrected chi connectivity index (χ1v) is 7.25. The molecule has 3 aliphatic rings. The second kappa shape index (κ2) is 5.29. The van der Waals surface area contributed by atoms with E-state index in [0.29, 0.717) is 5.92 Å². The number of nitrogens with one attached hydrogen (secondary N) is 1. The molecule has 0 radical (unpaired) electrons. The van der Waals surface area contributed by atoms with Crippen molar-refractivity contribution in [3.05, 3.63) is 35.5 Å². The largest absolute Gasteiger partial charge is 0.410 e. The van der Waals surface area contributed by atoms with E-state index >= 15 is 0 Å². The first-order valence-electron chi connectivity index (χ1n) is 7.25. The minimum Gasteiger partial charge on any atom is -0.410 e. The van der Waals surface area contributed by atoms with Crippen LogP contribution in [0.4, 0.5) is 5.69 Å². The van der Waals surface area contributed by atoms with Gasteiger partial charge in [-0.25, -0.2) is 0 Å². The summed E-state index contributed by atoms with van der Waals surface area (Å²) in [6.07, 6.45) is 4.46. The van der Waals surface area contributed by atoms with Gasteiger partial charge in [0.05, 0.1) is 13.1 Å². The van der Waals surface area contributed by atoms with Gasteiger partial charge < -0.3 is 15.0 Å². The lowest BCUT2D eigenvalue weighted by Gasteiger charge is -2.37. The molecule has 2 bridgehead atoms. The Kier molecular flexibility index (Phi) is 3.49. The van der Waals surface area contributed by atoms with Crippen molar-refractivity contribution in [2.24, 2.45) is 11.1 Å². The van der Waals surface area contributed by atoms with E-state index in [2.05, 4.69) is 40.4 Å². The van der Waals surface area contributed by atoms with Gasteiger partial charge in [-0.2, -0.15) is 0 Å². The fraction of sp³-hybridized carbons (Fsp3) is 0.438. The monoisotopic (exact) mass is 272 g/mol. The minimum absolute atomic E-state index is 0.449. The van der Waals surface area contributed by atoms with Crippen molar-refractivity contribution in [2.75, 3.05) is 32.1 Å². The molecule has 0 saturated carbocycles. The Morgan fingerprint density at radius 3 is 2.40 bits per heavy atom. The molecule has 1 aromatic carbocycles. The average Bonchev–Trinajstić information content (AvgIpc) is 2.49. The molecule has 4 nitrogen and oxygen atoms in total. The van der Waals surface area contributed by atoms with E-state index in [4.69, 9.17) is 0 Å². The number of hydrogen-bond acceptors (Lipinski definition) is 3. The summed E-state index contributed by atoms with van der Waals surface area (Å²) in [5.41, 5.74) is 4.44. The Hall–Kier alpha value is -1.81. The molecule has 3 heterocycles. The van der Waals surface area contributed by atoms with Crippen LogP contribution < -0.4 is 9.80 Å². The van der Waals surface area contributed by atoms with Crippen LogP contribution in [0.2, 0.25) is 0 Å². The van der Waals surface area contributed by atoms with Gasteiger partial charge in [-0.3, -0.25) is 0 Å². The molecule has 1 aromatic rings. The highest BCUT2D eigenvalue weighted by Crippen LogP contribution is 2.23. The van der Waals surface area contributed by atoms with E-state index in [9.17, 15) is 5.21 Å². The maximum Gasteiger partial charge on any atom is 0.157 e. The van der Waals surface area contributed by atoms with Crippen molar-refractivity contribution in [3.8, 4) is 0 Å². The fourth-order valence-corrected chi connectivity index (χ4v) is 3.26. The summed E-state index contributed by atoms with van der Waals surface area (Å²) in [6.45, 7) is 2.32. The van der Waals surface area contributed by atoms with E-state index in [1.165, 1.54) is 21.8 Å². The number of allylic oxidation sites excluding steroid dienone is 1. The standard InChI is InChI=1S/C16H21N3O/c1-18(2)14-5-3-12(4-6-14)11-15-16(17-20)13-7-9-19(15)10-8-13/h3-6,11,13,20H,7-10H2,1-2H3/p+1. The third kappa shape index (κ3) is 2.31. The van der Waals surface area contributed by atoms with E-state index in [-0.39, 0.29) is 0 Å². The topological polar surface area (TPSA) is 40.3 Å². The highest BCUT2D eigenvalue weighted by atomic mass is 16.4. The van der Waals surface area contributed by atoms with E-state index in [1.54, 1.807) is 0 Å². The van der Waals surface area contributed by atoms with Gasteiger partial charge >= 0.3 is 0 Å². The Bertz CT molecular complexity index is 537. The molecule has 0 amide bonds. The zero-order valence-electron chi connectivity index (χ0n) is 12.1. The molecule has 4 rings (SSSR count). The molecule has 20 heavy (non-hydrogen) atoms. The van der Waals surface area contributed by atoms with E-state index < -0.39 is 0 Å². The molecule has 3 aliphatic heterocycles. The molecule has 0 spiro atoms. The van der Waals surface area contributed by atoms with Gasteiger partial charge in [-0.05, 0) is 17.7 Å². The quantitative estimate of drug-likeness (QED) is 0.628. The Morgan fingerprint density at radius 1 is 1.20 bits per heavy atom. The molecule has 4 heteroatoms. The van der Waals surface area contributed by atoms with Gasteiger partial charge in [0.1, 0.15) is 5.71 Å². The lowest BCUT2D eigenvalue weighted by Crippen LogP contribution is -3.14. The number of piperidine rings is 3. The lowest BCUT2D eigenvalue weighted by atomic mass is 9.83. The molecule has 3 saturated heterocycles. The first-order chi connectivity index (χ1) is 9.69. The second-order valence-corrected chi connectivity index (χ2v) is 5.91. The van der Waals surface area contributed by atoms with Crippen LogP contribution in [-0.2, 0) is 0 Å². The summed E-state index contributed by atoms with van der Waals surface area (Å²) in [5.74, 6) is 0.449. The number of rotatable bonds is 2. The van der Waals surface area contributed by atoms with Crippen LogP contribution in [0.15, 0.2) is 35.1 Å². The SMILES string of the molecule is CN(C)c1ccc(C=C2C(=NO)C3CC[NH+]2CC3)cc1. The van der Waals surface area contributed by atoms with Gasteiger partial charge in [0, 0.05) is 44.6 Å². The van der Waals surface area contributed by atoms with Crippen molar-refractivity contribution in [3.63, 3.8) is 0 Å². The average molecular weight is 272 g/mol. The predicted molar refractivity (Wildman–Crippen MR) is 81.4 cm³/mol. The van der Waals surface area contributed by atoms with Crippen LogP contribution in [0.25, 0.3) is 6.08 Å². The van der Waals surface area contributed by atoms with Crippen molar-refractivity contribution < 1.29 is 10.1 Å². The zero-order valence-corrected chi connectivity index (χ0v) is 12.1. The Balaban J connectivity index is 1.90. The highest BCUT2D eigenvalue weighted by molar-refractivity contribution is 6.03. The van der Waals surface area contributed by atoms with Crippen LogP contribution in [0.5, 0.6) is 0 Å². The van der Waals surface area contributed by atoms with Crippen molar-refractivity contribution in [2.45, 2.75) is 12.8 Å². The van der Waals surface area contributed by atoms with Gasteiger partial charge in [0.2, 0.25) is 0 Å². The third-order valence-electron chi connectivity index (χ3n) is 4.46. The molecule has 0 aromatic heterocycles. The van der Waals surface area contributed by atoms with Gasteiger partial charge in [0.15, 0.2) is 5.70 Å². The van der Waals surface area contributed by atoms with Crippen molar-refractivity contribution in [1.82, 2.24) is 0 Å². The smallest absolute Gasteiger partial charge is 0.157 e. The van der Waals surface area contributed by atoms with Gasteiger partial charge in [0.25, 0.3) is 0 Å². The van der Waals surface area contributed by atoms with E-state index in [0.717, 1.165) is 31.6 Å². The predicted octanol–water partition coefficient (Wildman–Crippen LogP) is 1.23. The third-order valence-corrected chi connectivity index (χ3v) is 4.46. The maximum atomic E-state index is 9.31. The number of anilines is 1. The van der Waals surface area contributed by atoms with E-state index in [1.807, 2.05) is 14.1 Å². The van der Waals surface area contributed by atoms with Crippen molar-refractivity contribution in [1.29, 1.82) is 0 Å². The van der Waals surface area contributed by atoms with Crippen molar-refractivity contribution >= 4 is 17.5 Å². The molecule has 3 fully saturated rings. The molecule has 0 aliphatic carbocycles. The number of benzene rings is 1. The minimum atomic E-state index is 0.449. The number of oxime groups is 1. The summed E-state index contributed by atoms with van der Waals surface area (Å²) in [5, 5.41) is 12.9. The summed E-state index contributed by atoms with van der Waals surface area (Å²) in [4.78, 5) is 3.55. The summed E-state index contributed by atoms with van der Waals surface area (Å²) >= 11 is 0. The van der Waals surface area contributed by atoms with Gasteiger partial charge in [-0.15, -0.1) is 0 Å². The summed E-state index contributed by atoms with van der Waals surface area (Å²) < 4.78 is 0. The molecule has 106 valence electrons. The normalized spacial score (nSPS) is 29.1. The molecule has 0 unspecified atom stereocenters. The Morgan fingerprint density at radius 2 is 1.85 bits per heavy atom. The maximum absolute atomic E-state index is 9.31. The zero-order chi connectivity index (χ0) is 14.1.